The maximum absolute atomic E-state index is 6.05. The first-order valence-corrected chi connectivity index (χ1v) is 7.70. The number of rotatable bonds is 6. The van der Waals surface area contributed by atoms with Crippen LogP contribution in [0.2, 0.25) is 5.02 Å². The minimum atomic E-state index is 0.0221. The lowest BCUT2D eigenvalue weighted by molar-refractivity contribution is 0.171. The van der Waals surface area contributed by atoms with Crippen LogP contribution in [0, 0.1) is 6.92 Å². The highest BCUT2D eigenvalue weighted by molar-refractivity contribution is 6.30. The Morgan fingerprint density at radius 2 is 1.67 bits per heavy atom. The molecule has 2 rings (SSSR count). The molecule has 2 aromatic rings. The molecule has 0 spiro atoms. The molecule has 2 unspecified atom stereocenters. The Bertz CT molecular complexity index is 550. The van der Waals surface area contributed by atoms with Crippen molar-refractivity contribution in [1.82, 2.24) is 5.32 Å². The number of hydrogen-bond donors (Lipinski definition) is 1. The van der Waals surface area contributed by atoms with Crippen molar-refractivity contribution in [3.63, 3.8) is 0 Å². The van der Waals surface area contributed by atoms with E-state index in [1.54, 1.807) is 0 Å². The lowest BCUT2D eigenvalue weighted by atomic mass is 10.0. The summed E-state index contributed by atoms with van der Waals surface area (Å²) in [4.78, 5) is 0. The molecule has 0 aromatic heterocycles. The molecule has 112 valence electrons. The summed E-state index contributed by atoms with van der Waals surface area (Å²) >= 11 is 5.90. The van der Waals surface area contributed by atoms with Crippen molar-refractivity contribution in [2.45, 2.75) is 32.9 Å². The molecule has 0 fully saturated rings. The molecule has 0 aliphatic carbocycles. The maximum Gasteiger partial charge on any atom is 0.119 e. The molecule has 0 aliphatic rings. The molecule has 0 bridgehead atoms. The highest BCUT2D eigenvalue weighted by atomic mass is 35.5. The van der Waals surface area contributed by atoms with Gasteiger partial charge in [-0.2, -0.15) is 0 Å². The summed E-state index contributed by atoms with van der Waals surface area (Å²) in [5.74, 6) is 0.835. The van der Waals surface area contributed by atoms with Crippen LogP contribution in [0.3, 0.4) is 0 Å². The molecule has 3 heteroatoms. The zero-order valence-electron chi connectivity index (χ0n) is 12.8. The van der Waals surface area contributed by atoms with Crippen molar-refractivity contribution in [3.8, 4) is 5.75 Å². The van der Waals surface area contributed by atoms with Gasteiger partial charge < -0.3 is 10.1 Å². The molecule has 2 aromatic carbocycles. The summed E-state index contributed by atoms with van der Waals surface area (Å²) < 4.78 is 6.05. The van der Waals surface area contributed by atoms with Gasteiger partial charge in [-0.3, -0.25) is 0 Å². The van der Waals surface area contributed by atoms with Crippen LogP contribution in [0.25, 0.3) is 0 Å². The van der Waals surface area contributed by atoms with Crippen LogP contribution in [0.15, 0.2) is 48.5 Å². The average molecular weight is 304 g/mol. The smallest absolute Gasteiger partial charge is 0.119 e. The van der Waals surface area contributed by atoms with Crippen molar-refractivity contribution >= 4 is 11.6 Å². The summed E-state index contributed by atoms with van der Waals surface area (Å²) in [5.41, 5.74) is 2.50. The van der Waals surface area contributed by atoms with E-state index < -0.39 is 0 Å². The fraction of sp³-hybridized carbons (Fsp3) is 0.333. The van der Waals surface area contributed by atoms with Crippen LogP contribution in [-0.4, -0.2) is 12.6 Å². The van der Waals surface area contributed by atoms with E-state index in [1.807, 2.05) is 24.3 Å². The molecule has 2 nitrogen and oxygen atoms in total. The molecule has 0 radical (unpaired) electrons. The monoisotopic (exact) mass is 303 g/mol. The zero-order valence-corrected chi connectivity index (χ0v) is 13.5. The fourth-order valence-corrected chi connectivity index (χ4v) is 2.47. The molecule has 2 atom stereocenters. The summed E-state index contributed by atoms with van der Waals surface area (Å²) in [6, 6.07) is 16.2. The number of nitrogens with one attached hydrogen (secondary N) is 1. The Labute approximate surface area is 132 Å². The summed E-state index contributed by atoms with van der Waals surface area (Å²) in [6.07, 6.45) is 0.0221. The van der Waals surface area contributed by atoms with Gasteiger partial charge in [0.1, 0.15) is 11.9 Å². The van der Waals surface area contributed by atoms with Crippen LogP contribution < -0.4 is 10.1 Å². The predicted molar refractivity (Wildman–Crippen MR) is 89.1 cm³/mol. The van der Waals surface area contributed by atoms with Gasteiger partial charge in [0.05, 0.1) is 6.04 Å². The van der Waals surface area contributed by atoms with E-state index in [9.17, 15) is 0 Å². The second kappa shape index (κ2) is 7.48. The van der Waals surface area contributed by atoms with Crippen LogP contribution in [0.5, 0.6) is 5.75 Å². The third-order valence-corrected chi connectivity index (χ3v) is 3.72. The van der Waals surface area contributed by atoms with Gasteiger partial charge in [0.25, 0.3) is 0 Å². The summed E-state index contributed by atoms with van der Waals surface area (Å²) in [6.45, 7) is 7.19. The number of ether oxygens (including phenoxy) is 1. The topological polar surface area (TPSA) is 21.3 Å². The lowest BCUT2D eigenvalue weighted by Crippen LogP contribution is -2.33. The van der Waals surface area contributed by atoms with Gasteiger partial charge in [0.15, 0.2) is 0 Å². The summed E-state index contributed by atoms with van der Waals surface area (Å²) in [5, 5.41) is 4.22. The highest BCUT2D eigenvalue weighted by Gasteiger charge is 2.19. The Morgan fingerprint density at radius 1 is 1.05 bits per heavy atom. The van der Waals surface area contributed by atoms with Crippen LogP contribution in [0.4, 0.5) is 0 Å². The number of halogens is 1. The van der Waals surface area contributed by atoms with Crippen molar-refractivity contribution in [3.05, 3.63) is 64.7 Å². The minimum Gasteiger partial charge on any atom is -0.489 e. The van der Waals surface area contributed by atoms with Gasteiger partial charge in [-0.05, 0) is 50.2 Å². The first-order valence-electron chi connectivity index (χ1n) is 7.32. The van der Waals surface area contributed by atoms with Crippen LogP contribution in [0.1, 0.15) is 31.0 Å². The molecule has 0 amide bonds. The Balaban J connectivity index is 2.13. The lowest BCUT2D eigenvalue weighted by Gasteiger charge is -2.26. The van der Waals surface area contributed by atoms with E-state index >= 15 is 0 Å². The SMILES string of the molecule is CCNC(c1ccc(C)cc1)C(C)Oc1ccc(Cl)cc1. The quantitative estimate of drug-likeness (QED) is 0.830. The third-order valence-electron chi connectivity index (χ3n) is 3.47. The van der Waals surface area contributed by atoms with Crippen LogP contribution in [-0.2, 0) is 0 Å². The summed E-state index contributed by atoms with van der Waals surface area (Å²) in [7, 11) is 0. The largest absolute Gasteiger partial charge is 0.489 e. The maximum atomic E-state index is 6.05. The number of likely N-dealkylation sites (N-methyl/N-ethyl adjacent to an activating group) is 1. The predicted octanol–water partition coefficient (Wildman–Crippen LogP) is 4.77. The van der Waals surface area contributed by atoms with Gasteiger partial charge in [-0.15, -0.1) is 0 Å². The molecule has 0 saturated heterocycles. The second-order valence-electron chi connectivity index (χ2n) is 5.22. The number of benzene rings is 2. The van der Waals surface area contributed by atoms with E-state index in [0.29, 0.717) is 0 Å². The van der Waals surface area contributed by atoms with Gasteiger partial charge in [0.2, 0.25) is 0 Å². The number of hydrogen-bond acceptors (Lipinski definition) is 2. The molecule has 21 heavy (non-hydrogen) atoms. The Hall–Kier alpha value is -1.51. The van der Waals surface area contributed by atoms with E-state index in [2.05, 4.69) is 50.4 Å². The zero-order chi connectivity index (χ0) is 15.2. The molecule has 0 aliphatic heterocycles. The minimum absolute atomic E-state index is 0.0221. The van der Waals surface area contributed by atoms with Crippen molar-refractivity contribution in [2.24, 2.45) is 0 Å². The van der Waals surface area contributed by atoms with Crippen LogP contribution >= 0.6 is 11.6 Å². The molecule has 1 N–H and O–H groups in total. The normalized spacial score (nSPS) is 13.7. The van der Waals surface area contributed by atoms with Gasteiger partial charge in [-0.1, -0.05) is 48.4 Å². The Morgan fingerprint density at radius 3 is 2.24 bits per heavy atom. The van der Waals surface area contributed by atoms with Crippen molar-refractivity contribution in [2.75, 3.05) is 6.54 Å². The molecular formula is C18H22ClNO. The fourth-order valence-electron chi connectivity index (χ4n) is 2.34. The van der Waals surface area contributed by atoms with E-state index in [4.69, 9.17) is 16.3 Å². The van der Waals surface area contributed by atoms with Gasteiger partial charge in [-0.25, -0.2) is 0 Å². The molecular weight excluding hydrogens is 282 g/mol. The third kappa shape index (κ3) is 4.48. The van der Waals surface area contributed by atoms with Crippen molar-refractivity contribution < 1.29 is 4.74 Å². The second-order valence-corrected chi connectivity index (χ2v) is 5.66. The number of aryl methyl sites for hydroxylation is 1. The molecule has 0 saturated carbocycles. The first-order chi connectivity index (χ1) is 10.1. The standard InChI is InChI=1S/C18H22ClNO/c1-4-20-18(15-7-5-13(2)6-8-15)14(3)21-17-11-9-16(19)10-12-17/h5-12,14,18,20H,4H2,1-3H3. The first kappa shape index (κ1) is 15.9. The Kier molecular flexibility index (Phi) is 5.66. The van der Waals surface area contributed by atoms with E-state index in [1.165, 1.54) is 11.1 Å². The highest BCUT2D eigenvalue weighted by Crippen LogP contribution is 2.23. The average Bonchev–Trinajstić information content (AvgIpc) is 2.48. The van der Waals surface area contributed by atoms with E-state index in [-0.39, 0.29) is 12.1 Å². The van der Waals surface area contributed by atoms with Gasteiger partial charge in [0, 0.05) is 5.02 Å². The van der Waals surface area contributed by atoms with Gasteiger partial charge >= 0.3 is 0 Å². The molecule has 0 heterocycles. The van der Waals surface area contributed by atoms with E-state index in [0.717, 1.165) is 17.3 Å². The van der Waals surface area contributed by atoms with Crippen molar-refractivity contribution in [1.29, 1.82) is 0 Å².